The van der Waals surface area contributed by atoms with Gasteiger partial charge in [-0.05, 0) is 25.0 Å². The van der Waals surface area contributed by atoms with E-state index in [9.17, 15) is 0 Å². The maximum absolute atomic E-state index is 5.45. The van der Waals surface area contributed by atoms with Gasteiger partial charge in [-0.1, -0.05) is 19.3 Å². The molecule has 0 N–H and O–H groups in total. The SMILES string of the molecule is c1coc(CN2CCc3nc(C4CCCCC4)ncc3C2)c1. The van der Waals surface area contributed by atoms with E-state index in [4.69, 9.17) is 9.40 Å². The summed E-state index contributed by atoms with van der Waals surface area (Å²) in [5.74, 6) is 2.72. The third-order valence-corrected chi connectivity index (χ3v) is 4.96. The second kappa shape index (κ2) is 6.21. The predicted octanol–water partition coefficient (Wildman–Crippen LogP) is 3.68. The molecule has 0 aromatic carbocycles. The molecule has 2 aliphatic rings. The van der Waals surface area contributed by atoms with Gasteiger partial charge in [0.2, 0.25) is 0 Å². The first-order valence-electron chi connectivity index (χ1n) is 8.48. The zero-order chi connectivity index (χ0) is 14.8. The van der Waals surface area contributed by atoms with E-state index in [1.54, 1.807) is 6.26 Å². The lowest BCUT2D eigenvalue weighted by Gasteiger charge is -2.28. The molecule has 1 saturated carbocycles. The van der Waals surface area contributed by atoms with Crippen molar-refractivity contribution >= 4 is 0 Å². The molecule has 2 aromatic rings. The van der Waals surface area contributed by atoms with E-state index in [1.165, 1.54) is 43.4 Å². The third-order valence-electron chi connectivity index (χ3n) is 4.96. The van der Waals surface area contributed by atoms with Crippen molar-refractivity contribution in [3.8, 4) is 0 Å². The summed E-state index contributed by atoms with van der Waals surface area (Å²) in [6.45, 7) is 2.85. The first-order chi connectivity index (χ1) is 10.9. The molecule has 2 aromatic heterocycles. The minimum atomic E-state index is 0.597. The molecule has 1 fully saturated rings. The molecule has 0 unspecified atom stereocenters. The summed E-state index contributed by atoms with van der Waals surface area (Å²) in [5.41, 5.74) is 2.56. The molecule has 0 saturated heterocycles. The number of hydrogen-bond donors (Lipinski definition) is 0. The normalized spacial score (nSPS) is 20.0. The van der Waals surface area contributed by atoms with Gasteiger partial charge in [0, 0.05) is 42.9 Å². The molecule has 22 heavy (non-hydrogen) atoms. The predicted molar refractivity (Wildman–Crippen MR) is 84.4 cm³/mol. The van der Waals surface area contributed by atoms with Gasteiger partial charge in [-0.2, -0.15) is 0 Å². The van der Waals surface area contributed by atoms with Crippen molar-refractivity contribution in [1.29, 1.82) is 0 Å². The molecular formula is C18H23N3O. The van der Waals surface area contributed by atoms with Crippen molar-refractivity contribution in [2.45, 2.75) is 57.5 Å². The molecule has 0 amide bonds. The Morgan fingerprint density at radius 3 is 2.95 bits per heavy atom. The summed E-state index contributed by atoms with van der Waals surface area (Å²) in [6, 6.07) is 3.99. The van der Waals surface area contributed by atoms with Gasteiger partial charge >= 0.3 is 0 Å². The van der Waals surface area contributed by atoms with Crippen LogP contribution < -0.4 is 0 Å². The lowest BCUT2D eigenvalue weighted by atomic mass is 9.88. The van der Waals surface area contributed by atoms with Crippen LogP contribution in [0.25, 0.3) is 0 Å². The molecule has 116 valence electrons. The lowest BCUT2D eigenvalue weighted by molar-refractivity contribution is 0.223. The molecule has 3 heterocycles. The monoisotopic (exact) mass is 297 g/mol. The van der Waals surface area contributed by atoms with Crippen molar-refractivity contribution in [3.05, 3.63) is 47.4 Å². The van der Waals surface area contributed by atoms with E-state index in [0.717, 1.165) is 37.6 Å². The van der Waals surface area contributed by atoms with E-state index in [0.29, 0.717) is 5.92 Å². The summed E-state index contributed by atoms with van der Waals surface area (Å²) >= 11 is 0. The quantitative estimate of drug-likeness (QED) is 0.867. The Kier molecular flexibility index (Phi) is 3.94. The van der Waals surface area contributed by atoms with Gasteiger partial charge in [-0.3, -0.25) is 4.90 Å². The number of nitrogens with zero attached hydrogens (tertiary/aromatic N) is 3. The summed E-state index contributed by atoms with van der Waals surface area (Å²) in [7, 11) is 0. The lowest BCUT2D eigenvalue weighted by Crippen LogP contribution is -2.31. The number of rotatable bonds is 3. The number of furan rings is 1. The van der Waals surface area contributed by atoms with Crippen LogP contribution in [0.2, 0.25) is 0 Å². The van der Waals surface area contributed by atoms with Crippen molar-refractivity contribution in [3.63, 3.8) is 0 Å². The Balaban J connectivity index is 1.46. The molecule has 1 aliphatic heterocycles. The van der Waals surface area contributed by atoms with E-state index in [-0.39, 0.29) is 0 Å². The van der Waals surface area contributed by atoms with Crippen LogP contribution >= 0.6 is 0 Å². The average molecular weight is 297 g/mol. The van der Waals surface area contributed by atoms with Crippen molar-refractivity contribution in [2.75, 3.05) is 6.54 Å². The molecule has 4 rings (SSSR count). The van der Waals surface area contributed by atoms with Crippen LogP contribution in [-0.2, 0) is 19.5 Å². The van der Waals surface area contributed by atoms with Gasteiger partial charge in [-0.15, -0.1) is 0 Å². The molecule has 0 atom stereocenters. The third kappa shape index (κ3) is 2.93. The highest BCUT2D eigenvalue weighted by atomic mass is 16.3. The standard InChI is InChI=1S/C18H23N3O/c1-2-5-14(6-3-1)18-19-11-15-12-21(9-8-17(15)20-18)13-16-7-4-10-22-16/h4,7,10-11,14H,1-3,5-6,8-9,12-13H2. The second-order valence-electron chi connectivity index (χ2n) is 6.58. The molecular weight excluding hydrogens is 274 g/mol. The van der Waals surface area contributed by atoms with Crippen LogP contribution in [0.3, 0.4) is 0 Å². The number of aromatic nitrogens is 2. The fraction of sp³-hybridized carbons (Fsp3) is 0.556. The van der Waals surface area contributed by atoms with Crippen LogP contribution in [0.15, 0.2) is 29.0 Å². The zero-order valence-electron chi connectivity index (χ0n) is 13.0. The van der Waals surface area contributed by atoms with E-state index < -0.39 is 0 Å². The van der Waals surface area contributed by atoms with Gasteiger partial charge in [0.15, 0.2) is 0 Å². The Hall–Kier alpha value is -1.68. The first-order valence-corrected chi connectivity index (χ1v) is 8.48. The maximum atomic E-state index is 5.45. The van der Waals surface area contributed by atoms with Crippen LogP contribution in [-0.4, -0.2) is 21.4 Å². The average Bonchev–Trinajstić information content (AvgIpc) is 3.08. The van der Waals surface area contributed by atoms with Gasteiger partial charge in [0.1, 0.15) is 11.6 Å². The van der Waals surface area contributed by atoms with E-state index >= 15 is 0 Å². The molecule has 0 bridgehead atoms. The second-order valence-corrected chi connectivity index (χ2v) is 6.58. The number of fused-ring (bicyclic) bond motifs is 1. The first kappa shape index (κ1) is 13.9. The van der Waals surface area contributed by atoms with Crippen LogP contribution in [0.1, 0.15) is 60.9 Å². The largest absolute Gasteiger partial charge is 0.468 e. The number of hydrogen-bond acceptors (Lipinski definition) is 4. The van der Waals surface area contributed by atoms with E-state index in [1.807, 2.05) is 12.1 Å². The smallest absolute Gasteiger partial charge is 0.131 e. The maximum Gasteiger partial charge on any atom is 0.131 e. The molecule has 0 spiro atoms. The highest BCUT2D eigenvalue weighted by Crippen LogP contribution is 2.31. The van der Waals surface area contributed by atoms with Gasteiger partial charge in [0.05, 0.1) is 12.8 Å². The van der Waals surface area contributed by atoms with Gasteiger partial charge in [-0.25, -0.2) is 9.97 Å². The summed E-state index contributed by atoms with van der Waals surface area (Å²) in [4.78, 5) is 12.0. The minimum absolute atomic E-state index is 0.597. The highest BCUT2D eigenvalue weighted by Gasteiger charge is 2.22. The zero-order valence-corrected chi connectivity index (χ0v) is 13.0. The Morgan fingerprint density at radius 1 is 1.23 bits per heavy atom. The van der Waals surface area contributed by atoms with Crippen LogP contribution in [0, 0.1) is 0 Å². The van der Waals surface area contributed by atoms with Crippen LogP contribution in [0.5, 0.6) is 0 Å². The summed E-state index contributed by atoms with van der Waals surface area (Å²) in [6.07, 6.45) is 11.4. The Labute approximate surface area is 131 Å². The topological polar surface area (TPSA) is 42.2 Å². The molecule has 4 nitrogen and oxygen atoms in total. The van der Waals surface area contributed by atoms with E-state index in [2.05, 4.69) is 16.1 Å². The van der Waals surface area contributed by atoms with Crippen molar-refractivity contribution < 1.29 is 4.42 Å². The van der Waals surface area contributed by atoms with Gasteiger partial charge in [0.25, 0.3) is 0 Å². The van der Waals surface area contributed by atoms with Crippen molar-refractivity contribution in [1.82, 2.24) is 14.9 Å². The molecule has 0 radical (unpaired) electrons. The van der Waals surface area contributed by atoms with Crippen LogP contribution in [0.4, 0.5) is 0 Å². The summed E-state index contributed by atoms with van der Waals surface area (Å²) < 4.78 is 5.45. The summed E-state index contributed by atoms with van der Waals surface area (Å²) in [5, 5.41) is 0. The Morgan fingerprint density at radius 2 is 2.14 bits per heavy atom. The fourth-order valence-corrected chi connectivity index (χ4v) is 3.71. The van der Waals surface area contributed by atoms with Gasteiger partial charge < -0.3 is 4.42 Å². The minimum Gasteiger partial charge on any atom is -0.468 e. The molecule has 1 aliphatic carbocycles. The molecule has 4 heteroatoms. The Bertz CT molecular complexity index is 617. The fourth-order valence-electron chi connectivity index (χ4n) is 3.71. The highest BCUT2D eigenvalue weighted by molar-refractivity contribution is 5.22. The van der Waals surface area contributed by atoms with Crippen molar-refractivity contribution in [2.24, 2.45) is 0 Å².